The van der Waals surface area contributed by atoms with Gasteiger partial charge < -0.3 is 14.8 Å². The summed E-state index contributed by atoms with van der Waals surface area (Å²) >= 11 is 0. The highest BCUT2D eigenvalue weighted by atomic mass is 16.5. The van der Waals surface area contributed by atoms with E-state index in [9.17, 15) is 0 Å². The van der Waals surface area contributed by atoms with Gasteiger partial charge in [0.2, 0.25) is 0 Å². The van der Waals surface area contributed by atoms with Crippen LogP contribution in [0.4, 0.5) is 0 Å². The fraction of sp³-hybridized carbons (Fsp3) is 0.421. The summed E-state index contributed by atoms with van der Waals surface area (Å²) in [5.74, 6) is 0.890. The van der Waals surface area contributed by atoms with Gasteiger partial charge in [-0.1, -0.05) is 18.2 Å². The molecule has 1 aliphatic rings. The third-order valence-electron chi connectivity index (χ3n) is 4.36. The molecule has 0 amide bonds. The van der Waals surface area contributed by atoms with Crippen molar-refractivity contribution in [3.8, 4) is 5.75 Å². The first-order valence-corrected chi connectivity index (χ1v) is 8.43. The zero-order valence-corrected chi connectivity index (χ0v) is 14.1. The van der Waals surface area contributed by atoms with E-state index in [1.54, 1.807) is 7.11 Å². The highest BCUT2D eigenvalue weighted by Gasteiger charge is 2.22. The Hall–Kier alpha value is -1.95. The van der Waals surface area contributed by atoms with Crippen LogP contribution in [0.1, 0.15) is 17.3 Å². The number of pyridine rings is 1. The highest BCUT2D eigenvalue weighted by molar-refractivity contribution is 5.29. The maximum atomic E-state index is 5.50. The Balaban J connectivity index is 1.66. The summed E-state index contributed by atoms with van der Waals surface area (Å²) in [4.78, 5) is 6.85. The molecule has 24 heavy (non-hydrogen) atoms. The Morgan fingerprint density at radius 3 is 2.62 bits per heavy atom. The van der Waals surface area contributed by atoms with E-state index in [0.717, 1.165) is 50.8 Å². The summed E-state index contributed by atoms with van der Waals surface area (Å²) in [7, 11) is 1.70. The molecule has 1 fully saturated rings. The lowest BCUT2D eigenvalue weighted by atomic mass is 10.0. The van der Waals surface area contributed by atoms with Crippen molar-refractivity contribution in [2.45, 2.75) is 12.6 Å². The van der Waals surface area contributed by atoms with Gasteiger partial charge in [-0.25, -0.2) is 0 Å². The van der Waals surface area contributed by atoms with Crippen LogP contribution in [0.15, 0.2) is 48.7 Å². The van der Waals surface area contributed by atoms with Crippen LogP contribution < -0.4 is 10.1 Å². The molecule has 1 atom stereocenters. The molecule has 0 radical (unpaired) electrons. The Bertz CT molecular complexity index is 598. The van der Waals surface area contributed by atoms with E-state index < -0.39 is 0 Å². The second-order valence-electron chi connectivity index (χ2n) is 5.89. The van der Waals surface area contributed by atoms with Gasteiger partial charge in [0.1, 0.15) is 5.75 Å². The maximum absolute atomic E-state index is 5.50. The van der Waals surface area contributed by atoms with E-state index in [1.165, 1.54) is 5.56 Å². The van der Waals surface area contributed by atoms with Crippen molar-refractivity contribution in [1.82, 2.24) is 15.2 Å². The molecule has 128 valence electrons. The third kappa shape index (κ3) is 4.54. The zero-order valence-electron chi connectivity index (χ0n) is 14.1. The molecule has 2 heterocycles. The van der Waals surface area contributed by atoms with Crippen LogP contribution in [0, 0.1) is 0 Å². The van der Waals surface area contributed by atoms with Gasteiger partial charge in [0.15, 0.2) is 0 Å². The monoisotopic (exact) mass is 327 g/mol. The van der Waals surface area contributed by atoms with E-state index in [-0.39, 0.29) is 0 Å². The minimum absolute atomic E-state index is 0.323. The molecule has 1 aromatic carbocycles. The summed E-state index contributed by atoms with van der Waals surface area (Å²) in [5, 5.41) is 3.55. The Labute approximate surface area is 143 Å². The molecule has 2 aromatic rings. The first-order chi connectivity index (χ1) is 11.9. The minimum Gasteiger partial charge on any atom is -0.497 e. The van der Waals surface area contributed by atoms with Crippen LogP contribution in [0.2, 0.25) is 0 Å². The number of hydrogen-bond acceptors (Lipinski definition) is 5. The van der Waals surface area contributed by atoms with Gasteiger partial charge in [-0.15, -0.1) is 0 Å². The van der Waals surface area contributed by atoms with Crippen LogP contribution in [-0.2, 0) is 11.3 Å². The maximum Gasteiger partial charge on any atom is 0.118 e. The van der Waals surface area contributed by atoms with Gasteiger partial charge in [-0.2, -0.15) is 0 Å². The molecular formula is C19H25N3O2. The number of methoxy groups -OCH3 is 1. The molecule has 1 N–H and O–H groups in total. The predicted octanol–water partition coefficient (Wildman–Crippen LogP) is 2.25. The van der Waals surface area contributed by atoms with Crippen molar-refractivity contribution >= 4 is 0 Å². The van der Waals surface area contributed by atoms with Gasteiger partial charge in [-0.3, -0.25) is 9.88 Å². The van der Waals surface area contributed by atoms with Crippen molar-refractivity contribution in [3.63, 3.8) is 0 Å². The van der Waals surface area contributed by atoms with Crippen molar-refractivity contribution in [3.05, 3.63) is 59.9 Å². The van der Waals surface area contributed by atoms with Crippen LogP contribution >= 0.6 is 0 Å². The molecule has 0 bridgehead atoms. The largest absolute Gasteiger partial charge is 0.497 e. The summed E-state index contributed by atoms with van der Waals surface area (Å²) in [6.45, 7) is 5.17. The predicted molar refractivity (Wildman–Crippen MR) is 94.1 cm³/mol. The van der Waals surface area contributed by atoms with E-state index in [2.05, 4.69) is 27.3 Å². The Morgan fingerprint density at radius 1 is 1.17 bits per heavy atom. The summed E-state index contributed by atoms with van der Waals surface area (Å²) < 4.78 is 10.8. The second-order valence-corrected chi connectivity index (χ2v) is 5.89. The minimum atomic E-state index is 0.323. The van der Waals surface area contributed by atoms with Crippen molar-refractivity contribution in [1.29, 1.82) is 0 Å². The molecule has 5 nitrogen and oxygen atoms in total. The number of morpholine rings is 1. The van der Waals surface area contributed by atoms with Crippen molar-refractivity contribution in [2.75, 3.05) is 40.0 Å². The number of hydrogen-bond donors (Lipinski definition) is 1. The first kappa shape index (κ1) is 16.9. The van der Waals surface area contributed by atoms with E-state index in [1.807, 2.05) is 36.5 Å². The van der Waals surface area contributed by atoms with Crippen molar-refractivity contribution in [2.24, 2.45) is 0 Å². The van der Waals surface area contributed by atoms with Gasteiger partial charge in [0, 0.05) is 38.4 Å². The molecule has 1 aromatic heterocycles. The fourth-order valence-electron chi connectivity index (χ4n) is 3.01. The molecule has 1 saturated heterocycles. The zero-order chi connectivity index (χ0) is 16.6. The number of benzene rings is 1. The first-order valence-electron chi connectivity index (χ1n) is 8.43. The van der Waals surface area contributed by atoms with Gasteiger partial charge in [-0.05, 0) is 29.8 Å². The van der Waals surface area contributed by atoms with Gasteiger partial charge in [0.25, 0.3) is 0 Å². The normalized spacial score (nSPS) is 16.7. The quantitative estimate of drug-likeness (QED) is 0.845. The van der Waals surface area contributed by atoms with Crippen LogP contribution in [0.5, 0.6) is 5.75 Å². The summed E-state index contributed by atoms with van der Waals surface area (Å²) in [6, 6.07) is 14.7. The number of aromatic nitrogens is 1. The molecule has 5 heteroatoms. The summed E-state index contributed by atoms with van der Waals surface area (Å²) in [5.41, 5.74) is 2.36. The molecule has 3 rings (SSSR count). The number of nitrogens with one attached hydrogen (secondary N) is 1. The van der Waals surface area contributed by atoms with Gasteiger partial charge >= 0.3 is 0 Å². The second kappa shape index (κ2) is 8.78. The third-order valence-corrected chi connectivity index (χ3v) is 4.36. The molecular weight excluding hydrogens is 302 g/mol. The molecule has 0 aliphatic carbocycles. The van der Waals surface area contributed by atoms with E-state index >= 15 is 0 Å². The molecule has 1 aliphatic heterocycles. The lowest BCUT2D eigenvalue weighted by Gasteiger charge is -2.35. The summed E-state index contributed by atoms with van der Waals surface area (Å²) in [6.07, 6.45) is 1.83. The van der Waals surface area contributed by atoms with Crippen LogP contribution in [-0.4, -0.2) is 49.8 Å². The molecule has 0 saturated carbocycles. The highest BCUT2D eigenvalue weighted by Crippen LogP contribution is 2.23. The average Bonchev–Trinajstić information content (AvgIpc) is 2.67. The number of ether oxygens (including phenoxy) is 2. The standard InChI is InChI=1S/C19H25N3O2/c1-23-18-7-5-16(6-8-18)19(22-10-12-24-13-11-22)15-20-14-17-4-2-3-9-21-17/h2-9,19-20H,10-15H2,1H3. The lowest BCUT2D eigenvalue weighted by molar-refractivity contribution is 0.0161. The lowest BCUT2D eigenvalue weighted by Crippen LogP contribution is -2.42. The van der Waals surface area contributed by atoms with E-state index in [0.29, 0.717) is 6.04 Å². The van der Waals surface area contributed by atoms with E-state index in [4.69, 9.17) is 9.47 Å². The smallest absolute Gasteiger partial charge is 0.118 e. The SMILES string of the molecule is COc1ccc(C(CNCc2ccccn2)N2CCOCC2)cc1. The van der Waals surface area contributed by atoms with Gasteiger partial charge in [0.05, 0.1) is 26.0 Å². The van der Waals surface area contributed by atoms with Crippen LogP contribution in [0.25, 0.3) is 0 Å². The molecule has 1 unspecified atom stereocenters. The number of rotatable bonds is 7. The Morgan fingerprint density at radius 2 is 1.96 bits per heavy atom. The molecule has 0 spiro atoms. The number of nitrogens with zero attached hydrogens (tertiary/aromatic N) is 2. The van der Waals surface area contributed by atoms with Crippen LogP contribution in [0.3, 0.4) is 0 Å². The average molecular weight is 327 g/mol. The fourth-order valence-corrected chi connectivity index (χ4v) is 3.01. The Kier molecular flexibility index (Phi) is 6.18. The topological polar surface area (TPSA) is 46.6 Å². The van der Waals surface area contributed by atoms with Crippen molar-refractivity contribution < 1.29 is 9.47 Å².